The molecule has 27 heavy (non-hydrogen) atoms. The molecule has 0 saturated heterocycles. The van der Waals surface area contributed by atoms with Crippen LogP contribution in [0.3, 0.4) is 0 Å². The Morgan fingerprint density at radius 1 is 1.19 bits per heavy atom. The van der Waals surface area contributed by atoms with E-state index in [1.807, 2.05) is 43.3 Å². The fourth-order valence-corrected chi connectivity index (χ4v) is 3.10. The minimum absolute atomic E-state index is 0.0647. The second kappa shape index (κ2) is 9.00. The first-order valence-electron chi connectivity index (χ1n) is 8.31. The molecule has 0 fully saturated rings. The summed E-state index contributed by atoms with van der Waals surface area (Å²) in [6.45, 7) is 2.57. The van der Waals surface area contributed by atoms with Crippen LogP contribution in [-0.4, -0.2) is 34.0 Å². The number of hydrogen-bond acceptors (Lipinski definition) is 7. The van der Waals surface area contributed by atoms with Crippen molar-refractivity contribution in [2.45, 2.75) is 13.3 Å². The van der Waals surface area contributed by atoms with Crippen molar-refractivity contribution in [1.29, 1.82) is 0 Å². The lowest BCUT2D eigenvalue weighted by Crippen LogP contribution is -2.05. The van der Waals surface area contributed by atoms with E-state index in [9.17, 15) is 9.90 Å². The Morgan fingerprint density at radius 2 is 1.93 bits per heavy atom. The van der Waals surface area contributed by atoms with Gasteiger partial charge >= 0.3 is 4.87 Å². The predicted molar refractivity (Wildman–Crippen MR) is 104 cm³/mol. The van der Waals surface area contributed by atoms with Crippen molar-refractivity contribution in [2.75, 3.05) is 13.2 Å². The standard InChI is InChI=1S/C19H19N3O4S/c1-13(15-6-8-20-9-7-15)22-26-11-10-25-16-4-2-14(3-5-16)12-17-18(23)21-19(24)27-17/h2-9,23H,10-12H2,1H3,(H,21,24)/b22-13+. The number of oxime groups is 1. The second-order valence-corrected chi connectivity index (χ2v) is 6.77. The average Bonchev–Trinajstić information content (AvgIpc) is 3.00. The number of hydrogen-bond donors (Lipinski definition) is 2. The summed E-state index contributed by atoms with van der Waals surface area (Å²) in [7, 11) is 0. The molecule has 2 heterocycles. The zero-order valence-corrected chi connectivity index (χ0v) is 15.5. The van der Waals surface area contributed by atoms with Gasteiger partial charge in [0, 0.05) is 24.4 Å². The van der Waals surface area contributed by atoms with Crippen molar-refractivity contribution < 1.29 is 14.7 Å². The van der Waals surface area contributed by atoms with Gasteiger partial charge in [0.1, 0.15) is 12.4 Å². The molecule has 0 amide bonds. The Kier molecular flexibility index (Phi) is 6.22. The molecular formula is C19H19N3O4S. The highest BCUT2D eigenvalue weighted by Crippen LogP contribution is 2.21. The minimum Gasteiger partial charge on any atom is -0.494 e. The molecule has 2 aromatic heterocycles. The van der Waals surface area contributed by atoms with Crippen molar-refractivity contribution in [1.82, 2.24) is 9.97 Å². The SMILES string of the molecule is C/C(=N\OCCOc1ccc(Cc2sc(=O)[nH]c2O)cc1)c1ccncc1. The largest absolute Gasteiger partial charge is 0.494 e. The summed E-state index contributed by atoms with van der Waals surface area (Å²) < 4.78 is 5.62. The molecule has 2 N–H and O–H groups in total. The topological polar surface area (TPSA) is 96.8 Å². The predicted octanol–water partition coefficient (Wildman–Crippen LogP) is 2.95. The van der Waals surface area contributed by atoms with E-state index in [0.717, 1.165) is 28.2 Å². The molecule has 0 aliphatic carbocycles. The number of thiazole rings is 1. The number of pyridine rings is 1. The van der Waals surface area contributed by atoms with E-state index in [-0.39, 0.29) is 10.8 Å². The highest BCUT2D eigenvalue weighted by Gasteiger charge is 2.07. The highest BCUT2D eigenvalue weighted by atomic mass is 32.1. The number of aromatic hydroxyl groups is 1. The summed E-state index contributed by atoms with van der Waals surface area (Å²) in [5.74, 6) is 0.647. The van der Waals surface area contributed by atoms with Gasteiger partial charge in [-0.25, -0.2) is 0 Å². The van der Waals surface area contributed by atoms with Crippen molar-refractivity contribution in [3.05, 3.63) is 74.5 Å². The van der Waals surface area contributed by atoms with Crippen LogP contribution in [-0.2, 0) is 11.3 Å². The number of nitrogens with zero attached hydrogens (tertiary/aromatic N) is 2. The Morgan fingerprint density at radius 3 is 2.59 bits per heavy atom. The summed E-state index contributed by atoms with van der Waals surface area (Å²) in [5, 5.41) is 13.7. The molecule has 0 unspecified atom stereocenters. The minimum atomic E-state index is -0.260. The van der Waals surface area contributed by atoms with Crippen LogP contribution in [0.1, 0.15) is 22.9 Å². The molecule has 0 aliphatic rings. The van der Waals surface area contributed by atoms with Crippen LogP contribution in [0.4, 0.5) is 0 Å². The molecule has 3 aromatic rings. The average molecular weight is 385 g/mol. The molecule has 0 spiro atoms. The molecule has 8 heteroatoms. The maximum Gasteiger partial charge on any atom is 0.307 e. The second-order valence-electron chi connectivity index (χ2n) is 5.70. The van der Waals surface area contributed by atoms with Crippen LogP contribution < -0.4 is 9.61 Å². The van der Waals surface area contributed by atoms with Gasteiger partial charge in [-0.05, 0) is 36.8 Å². The Labute approximate surface area is 159 Å². The van der Waals surface area contributed by atoms with Gasteiger partial charge in [0.15, 0.2) is 6.61 Å². The molecule has 0 bridgehead atoms. The highest BCUT2D eigenvalue weighted by molar-refractivity contribution is 7.09. The molecule has 140 valence electrons. The summed E-state index contributed by atoms with van der Waals surface area (Å²) >= 11 is 1.01. The maximum absolute atomic E-state index is 11.2. The fourth-order valence-electron chi connectivity index (χ4n) is 2.35. The lowest BCUT2D eigenvalue weighted by molar-refractivity contribution is 0.107. The molecular weight excluding hydrogens is 366 g/mol. The molecule has 0 saturated carbocycles. The van der Waals surface area contributed by atoms with Crippen LogP contribution in [0, 0.1) is 0 Å². The quantitative estimate of drug-likeness (QED) is 0.353. The van der Waals surface area contributed by atoms with Crippen LogP contribution in [0.15, 0.2) is 58.7 Å². The summed E-state index contributed by atoms with van der Waals surface area (Å²) in [6.07, 6.45) is 3.90. The van der Waals surface area contributed by atoms with Gasteiger partial charge in [-0.3, -0.25) is 14.8 Å². The summed E-state index contributed by atoms with van der Waals surface area (Å²) in [6, 6.07) is 11.2. The number of aromatic amines is 1. The van der Waals surface area contributed by atoms with Crippen LogP contribution >= 0.6 is 11.3 Å². The van der Waals surface area contributed by atoms with Gasteiger partial charge in [0.2, 0.25) is 5.88 Å². The Hall–Kier alpha value is -3.13. The molecule has 3 rings (SSSR count). The Balaban J connectivity index is 1.44. The van der Waals surface area contributed by atoms with Gasteiger partial charge in [0.05, 0.1) is 10.6 Å². The number of benzene rings is 1. The van der Waals surface area contributed by atoms with E-state index < -0.39 is 0 Å². The molecule has 0 atom stereocenters. The zero-order valence-electron chi connectivity index (χ0n) is 14.7. The van der Waals surface area contributed by atoms with Crippen LogP contribution in [0.5, 0.6) is 11.6 Å². The van der Waals surface area contributed by atoms with Crippen molar-refractivity contribution in [2.24, 2.45) is 5.16 Å². The number of rotatable bonds is 8. The molecule has 1 aromatic carbocycles. The van der Waals surface area contributed by atoms with Gasteiger partial charge in [-0.2, -0.15) is 0 Å². The third-order valence-corrected chi connectivity index (χ3v) is 4.60. The van der Waals surface area contributed by atoms with Gasteiger partial charge in [-0.15, -0.1) is 0 Å². The normalized spacial score (nSPS) is 11.4. The number of aromatic nitrogens is 2. The van der Waals surface area contributed by atoms with Crippen LogP contribution in [0.25, 0.3) is 0 Å². The number of nitrogens with one attached hydrogen (secondary N) is 1. The first-order chi connectivity index (χ1) is 13.1. The smallest absolute Gasteiger partial charge is 0.307 e. The monoisotopic (exact) mass is 385 g/mol. The van der Waals surface area contributed by atoms with Crippen molar-refractivity contribution in [3.63, 3.8) is 0 Å². The summed E-state index contributed by atoms with van der Waals surface area (Å²) in [5.41, 5.74) is 2.71. The van der Waals surface area contributed by atoms with E-state index in [1.54, 1.807) is 12.4 Å². The Bertz CT molecular complexity index is 949. The fraction of sp³-hybridized carbons (Fsp3) is 0.211. The van der Waals surface area contributed by atoms with E-state index in [4.69, 9.17) is 9.57 Å². The third kappa shape index (κ3) is 5.42. The summed E-state index contributed by atoms with van der Waals surface area (Å²) in [4.78, 5) is 23.2. The first kappa shape index (κ1) is 18.7. The van der Waals surface area contributed by atoms with Gasteiger partial charge < -0.3 is 14.7 Å². The zero-order chi connectivity index (χ0) is 19.1. The molecule has 7 nitrogen and oxygen atoms in total. The number of ether oxygens (including phenoxy) is 1. The van der Waals surface area contributed by atoms with Crippen molar-refractivity contribution in [3.8, 4) is 11.6 Å². The van der Waals surface area contributed by atoms with E-state index >= 15 is 0 Å². The van der Waals surface area contributed by atoms with Gasteiger partial charge in [-0.1, -0.05) is 28.6 Å². The van der Waals surface area contributed by atoms with Crippen molar-refractivity contribution >= 4 is 17.0 Å². The van der Waals surface area contributed by atoms with E-state index in [2.05, 4.69) is 15.1 Å². The molecule has 0 radical (unpaired) electrons. The lowest BCUT2D eigenvalue weighted by atomic mass is 10.1. The lowest BCUT2D eigenvalue weighted by Gasteiger charge is -2.07. The van der Waals surface area contributed by atoms with E-state index in [0.29, 0.717) is 30.3 Å². The van der Waals surface area contributed by atoms with E-state index in [1.165, 1.54) is 0 Å². The van der Waals surface area contributed by atoms with Crippen LogP contribution in [0.2, 0.25) is 0 Å². The van der Waals surface area contributed by atoms with Gasteiger partial charge in [0.25, 0.3) is 0 Å². The molecule has 0 aliphatic heterocycles. The first-order valence-corrected chi connectivity index (χ1v) is 9.13. The third-order valence-electron chi connectivity index (χ3n) is 3.73. The maximum atomic E-state index is 11.2. The number of H-pyrrole nitrogens is 1.